The van der Waals surface area contributed by atoms with Gasteiger partial charge < -0.3 is 26.6 Å². The van der Waals surface area contributed by atoms with Gasteiger partial charge in [0.05, 0.1) is 12.6 Å². The summed E-state index contributed by atoms with van der Waals surface area (Å²) in [6.07, 6.45) is -0.0746. The van der Waals surface area contributed by atoms with Gasteiger partial charge in [-0.15, -0.1) is 0 Å². The number of carbonyl (C=O) groups is 3. The molecule has 2 aliphatic rings. The number of nitrogens with two attached hydrogens (primary N) is 2. The van der Waals surface area contributed by atoms with Gasteiger partial charge in [0.1, 0.15) is 5.84 Å². The molecule has 0 radical (unpaired) electrons. The first-order valence-electron chi connectivity index (χ1n) is 7.73. The Morgan fingerprint density at radius 1 is 1.36 bits per heavy atom. The predicted molar refractivity (Wildman–Crippen MR) is 90.5 cm³/mol. The highest BCUT2D eigenvalue weighted by molar-refractivity contribution is 6.10. The quantitative estimate of drug-likeness (QED) is 0.380. The summed E-state index contributed by atoms with van der Waals surface area (Å²) in [6.45, 7) is 0.727. The number of amidine groups is 1. The minimum atomic E-state index is -0.810. The van der Waals surface area contributed by atoms with E-state index < -0.39 is 18.2 Å². The number of nitrogens with one attached hydrogen (secondary N) is 3. The number of benzene rings is 1. The van der Waals surface area contributed by atoms with Gasteiger partial charge in [0.25, 0.3) is 5.91 Å². The van der Waals surface area contributed by atoms with E-state index in [1.807, 2.05) is 0 Å². The summed E-state index contributed by atoms with van der Waals surface area (Å²) in [7, 11) is 0. The number of aliphatic imine (C=N–C) groups is 1. The number of amides is 3. The summed E-state index contributed by atoms with van der Waals surface area (Å²) in [6, 6.07) is 5.55. The standard InChI is InChI=1S/C15H19N7O3/c16-12(24)8-1-3-9(4-2-8)18-5-10-6-19-13-11(22(10)7-23)14(25)21-15(17)20-13/h1-4,7,10-11,15,18H,5-6,17H2,(H2,16,24)(H,19,20)(H,21,25)/t10-,11?,15?/m1/s1. The van der Waals surface area contributed by atoms with E-state index in [2.05, 4.69) is 20.9 Å². The van der Waals surface area contributed by atoms with Crippen LogP contribution in [-0.2, 0) is 9.59 Å². The molecule has 0 spiro atoms. The molecule has 0 bridgehead atoms. The molecule has 2 unspecified atom stereocenters. The molecule has 2 heterocycles. The molecule has 0 aromatic heterocycles. The number of fused-ring (bicyclic) bond motifs is 1. The molecule has 1 fully saturated rings. The van der Waals surface area contributed by atoms with Gasteiger partial charge in [-0.1, -0.05) is 0 Å². The summed E-state index contributed by atoms with van der Waals surface area (Å²) in [5.74, 6) is -0.472. The van der Waals surface area contributed by atoms with Crippen LogP contribution in [0.3, 0.4) is 0 Å². The zero-order valence-electron chi connectivity index (χ0n) is 13.3. The van der Waals surface area contributed by atoms with Crippen molar-refractivity contribution in [3.8, 4) is 0 Å². The van der Waals surface area contributed by atoms with Crippen molar-refractivity contribution in [1.29, 1.82) is 0 Å². The van der Waals surface area contributed by atoms with Crippen molar-refractivity contribution in [2.45, 2.75) is 18.4 Å². The average Bonchev–Trinajstić information content (AvgIpc) is 2.59. The molecule has 132 valence electrons. The minimum absolute atomic E-state index is 0.302. The van der Waals surface area contributed by atoms with Crippen molar-refractivity contribution < 1.29 is 14.4 Å². The van der Waals surface area contributed by atoms with Crippen LogP contribution in [0, 0.1) is 0 Å². The Kier molecular flexibility index (Phi) is 4.52. The van der Waals surface area contributed by atoms with Crippen LogP contribution in [0.4, 0.5) is 5.69 Å². The number of nitrogens with zero attached hydrogens (tertiary/aromatic N) is 2. The number of anilines is 1. The lowest BCUT2D eigenvalue weighted by Gasteiger charge is -2.42. The largest absolute Gasteiger partial charge is 0.383 e. The normalized spacial score (nSPS) is 25.2. The van der Waals surface area contributed by atoms with Crippen molar-refractivity contribution in [3.63, 3.8) is 0 Å². The zero-order valence-corrected chi connectivity index (χ0v) is 13.3. The molecule has 1 aromatic carbocycles. The van der Waals surface area contributed by atoms with Crippen LogP contribution in [0.2, 0.25) is 0 Å². The highest BCUT2D eigenvalue weighted by Crippen LogP contribution is 2.16. The third-order valence-corrected chi connectivity index (χ3v) is 4.13. The van der Waals surface area contributed by atoms with E-state index in [4.69, 9.17) is 11.5 Å². The molecule has 10 nitrogen and oxygen atoms in total. The molecule has 1 aromatic rings. The van der Waals surface area contributed by atoms with Gasteiger partial charge >= 0.3 is 0 Å². The van der Waals surface area contributed by atoms with Crippen LogP contribution in [0.1, 0.15) is 10.4 Å². The smallest absolute Gasteiger partial charge is 0.253 e. The van der Waals surface area contributed by atoms with Crippen molar-refractivity contribution in [2.75, 3.05) is 18.4 Å². The molecule has 7 N–H and O–H groups in total. The van der Waals surface area contributed by atoms with Crippen molar-refractivity contribution in [2.24, 2.45) is 16.5 Å². The molecule has 3 atom stereocenters. The summed E-state index contributed by atoms with van der Waals surface area (Å²) >= 11 is 0. The summed E-state index contributed by atoms with van der Waals surface area (Å²) in [5.41, 5.74) is 12.0. The summed E-state index contributed by atoms with van der Waals surface area (Å²) in [4.78, 5) is 40.5. The Balaban J connectivity index is 1.69. The van der Waals surface area contributed by atoms with E-state index in [0.29, 0.717) is 30.9 Å². The first kappa shape index (κ1) is 16.7. The summed E-state index contributed by atoms with van der Waals surface area (Å²) in [5, 5.41) is 8.56. The fourth-order valence-electron chi connectivity index (χ4n) is 2.85. The highest BCUT2D eigenvalue weighted by atomic mass is 16.2. The van der Waals surface area contributed by atoms with Crippen LogP contribution in [0.25, 0.3) is 0 Å². The van der Waals surface area contributed by atoms with Gasteiger partial charge in [-0.25, -0.2) is 0 Å². The van der Waals surface area contributed by atoms with E-state index in [9.17, 15) is 14.4 Å². The topological polar surface area (TPSA) is 155 Å². The Morgan fingerprint density at radius 2 is 2.08 bits per heavy atom. The second-order valence-corrected chi connectivity index (χ2v) is 5.79. The van der Waals surface area contributed by atoms with Gasteiger partial charge in [-0.3, -0.25) is 25.1 Å². The number of rotatable bonds is 5. The molecule has 25 heavy (non-hydrogen) atoms. The van der Waals surface area contributed by atoms with Gasteiger partial charge in [-0.05, 0) is 24.3 Å². The highest BCUT2D eigenvalue weighted by Gasteiger charge is 2.41. The van der Waals surface area contributed by atoms with Crippen molar-refractivity contribution >= 4 is 29.7 Å². The lowest BCUT2D eigenvalue weighted by atomic mass is 10.1. The van der Waals surface area contributed by atoms with Crippen LogP contribution in [0.15, 0.2) is 29.3 Å². The van der Waals surface area contributed by atoms with Crippen LogP contribution in [-0.4, -0.2) is 60.4 Å². The molecule has 2 aliphatic heterocycles. The Bertz CT molecular complexity index is 718. The molecule has 1 saturated heterocycles. The number of hydrogen-bond acceptors (Lipinski definition) is 7. The second kappa shape index (κ2) is 6.77. The molecular formula is C15H19N7O3. The zero-order chi connectivity index (χ0) is 18.0. The summed E-state index contributed by atoms with van der Waals surface area (Å²) < 4.78 is 0. The third-order valence-electron chi connectivity index (χ3n) is 4.13. The molecule has 3 rings (SSSR count). The lowest BCUT2D eigenvalue weighted by molar-refractivity contribution is -0.133. The third kappa shape index (κ3) is 3.38. The first-order valence-corrected chi connectivity index (χ1v) is 7.73. The van der Waals surface area contributed by atoms with E-state index in [-0.39, 0.29) is 11.9 Å². The Morgan fingerprint density at radius 3 is 2.72 bits per heavy atom. The number of carbonyl (C=O) groups excluding carboxylic acids is 3. The fraction of sp³-hybridized carbons (Fsp3) is 0.333. The monoisotopic (exact) mass is 345 g/mol. The van der Waals surface area contributed by atoms with Gasteiger partial charge in [-0.2, -0.15) is 0 Å². The van der Waals surface area contributed by atoms with Crippen molar-refractivity contribution in [1.82, 2.24) is 15.5 Å². The maximum atomic E-state index is 12.2. The van der Waals surface area contributed by atoms with E-state index in [1.54, 1.807) is 24.3 Å². The molecule has 0 saturated carbocycles. The average molecular weight is 345 g/mol. The minimum Gasteiger partial charge on any atom is -0.383 e. The van der Waals surface area contributed by atoms with Crippen LogP contribution >= 0.6 is 0 Å². The van der Waals surface area contributed by atoms with E-state index in [0.717, 1.165) is 5.69 Å². The SMILES string of the molecule is NC(=O)c1ccc(NC[C@@H]2CN=C3NC(N)NC(=O)C3N2C=O)cc1. The van der Waals surface area contributed by atoms with Crippen molar-refractivity contribution in [3.05, 3.63) is 29.8 Å². The molecule has 3 amide bonds. The van der Waals surface area contributed by atoms with Crippen LogP contribution in [0.5, 0.6) is 0 Å². The maximum Gasteiger partial charge on any atom is 0.253 e. The number of primary amides is 1. The molecule has 0 aliphatic carbocycles. The molecule has 10 heteroatoms. The van der Waals surface area contributed by atoms with E-state index in [1.165, 1.54) is 4.90 Å². The second-order valence-electron chi connectivity index (χ2n) is 5.79. The fourth-order valence-corrected chi connectivity index (χ4v) is 2.85. The van der Waals surface area contributed by atoms with Gasteiger partial charge in [0.2, 0.25) is 12.3 Å². The molecular weight excluding hydrogens is 326 g/mol. The number of hydrogen-bond donors (Lipinski definition) is 5. The van der Waals surface area contributed by atoms with Gasteiger partial charge in [0.15, 0.2) is 12.3 Å². The van der Waals surface area contributed by atoms with E-state index >= 15 is 0 Å². The first-order chi connectivity index (χ1) is 12.0. The van der Waals surface area contributed by atoms with Gasteiger partial charge in [0, 0.05) is 17.8 Å². The lowest BCUT2D eigenvalue weighted by Crippen LogP contribution is -2.72. The van der Waals surface area contributed by atoms with Crippen LogP contribution < -0.4 is 27.4 Å². The maximum absolute atomic E-state index is 12.2. The Labute approximate surface area is 143 Å². The predicted octanol–water partition coefficient (Wildman–Crippen LogP) is -2.23. The Hall–Kier alpha value is -3.14.